The molecule has 70 heavy (non-hydrogen) atoms. The fourth-order valence-corrected chi connectivity index (χ4v) is 10.7. The Kier molecular flexibility index (Phi) is 8.23. The molecule has 0 spiro atoms. The third-order valence-corrected chi connectivity index (χ3v) is 13.9. The number of hydrogen-bond donors (Lipinski definition) is 0. The monoisotopic (exact) mass is 896 g/mol. The normalized spacial score (nSPS) is 12.0. The molecule has 0 radical (unpaired) electrons. The second kappa shape index (κ2) is 15.0. The topological polar surface area (TPSA) is 83.0 Å². The van der Waals surface area contributed by atoms with Gasteiger partial charge in [0.1, 0.15) is 33.5 Å². The van der Waals surface area contributed by atoms with Gasteiger partial charge in [0, 0.05) is 76.6 Å². The van der Waals surface area contributed by atoms with E-state index < -0.39 is 0 Å². The highest BCUT2D eigenvalue weighted by atomic mass is 16.3. The third-order valence-electron chi connectivity index (χ3n) is 13.9. The highest BCUT2D eigenvalue weighted by molar-refractivity contribution is 6.21. The van der Waals surface area contributed by atoms with Gasteiger partial charge in [0.15, 0.2) is 17.5 Å². The van der Waals surface area contributed by atoms with Crippen molar-refractivity contribution in [2.45, 2.75) is 0 Å². The molecule has 0 unspecified atom stereocenters. The van der Waals surface area contributed by atoms with E-state index in [1.54, 1.807) is 0 Å². The maximum atomic E-state index is 6.97. The molecular formula is C63H36N4O3. The summed E-state index contributed by atoms with van der Waals surface area (Å²) in [6, 6.07) is 75.6. The number of nitrogens with zero attached hydrogens (tertiary/aromatic N) is 4. The van der Waals surface area contributed by atoms with E-state index >= 15 is 0 Å². The first-order valence-electron chi connectivity index (χ1n) is 23.4. The van der Waals surface area contributed by atoms with Gasteiger partial charge in [-0.2, -0.15) is 0 Å². The summed E-state index contributed by atoms with van der Waals surface area (Å²) in [5.41, 5.74) is 15.1. The molecule has 5 heterocycles. The van der Waals surface area contributed by atoms with Crippen molar-refractivity contribution in [1.82, 2.24) is 19.5 Å². The summed E-state index contributed by atoms with van der Waals surface area (Å²) in [5.74, 6) is 1.70. The van der Waals surface area contributed by atoms with E-state index in [-0.39, 0.29) is 0 Å². The van der Waals surface area contributed by atoms with Gasteiger partial charge >= 0.3 is 0 Å². The van der Waals surface area contributed by atoms with Crippen molar-refractivity contribution in [3.05, 3.63) is 218 Å². The minimum absolute atomic E-state index is 0.550. The predicted molar refractivity (Wildman–Crippen MR) is 283 cm³/mol. The van der Waals surface area contributed by atoms with E-state index in [9.17, 15) is 0 Å². The van der Waals surface area contributed by atoms with Crippen LogP contribution in [-0.4, -0.2) is 19.5 Å². The molecule has 0 fully saturated rings. The summed E-state index contributed by atoms with van der Waals surface area (Å²) in [4.78, 5) is 15.5. The average Bonchev–Trinajstić information content (AvgIpc) is 4.20. The van der Waals surface area contributed by atoms with Crippen molar-refractivity contribution in [3.63, 3.8) is 0 Å². The minimum atomic E-state index is 0.550. The van der Waals surface area contributed by atoms with Crippen molar-refractivity contribution >= 4 is 87.6 Å². The first kappa shape index (κ1) is 38.5. The highest BCUT2D eigenvalue weighted by Gasteiger charge is 2.24. The predicted octanol–water partition coefficient (Wildman–Crippen LogP) is 17.0. The number of benzene rings is 10. The van der Waals surface area contributed by atoms with Gasteiger partial charge in [0.05, 0.1) is 11.0 Å². The lowest BCUT2D eigenvalue weighted by Gasteiger charge is -2.13. The number of furan rings is 3. The smallest absolute Gasteiger partial charge is 0.164 e. The van der Waals surface area contributed by atoms with Crippen LogP contribution in [0.15, 0.2) is 232 Å². The van der Waals surface area contributed by atoms with Gasteiger partial charge in [-0.1, -0.05) is 146 Å². The van der Waals surface area contributed by atoms with Crippen LogP contribution >= 0.6 is 0 Å². The lowest BCUT2D eigenvalue weighted by Crippen LogP contribution is -2.00. The van der Waals surface area contributed by atoms with Crippen LogP contribution in [-0.2, 0) is 0 Å². The van der Waals surface area contributed by atoms with Gasteiger partial charge in [0.2, 0.25) is 0 Å². The number of rotatable bonds is 6. The second-order valence-corrected chi connectivity index (χ2v) is 17.8. The van der Waals surface area contributed by atoms with E-state index in [1.165, 1.54) is 10.8 Å². The van der Waals surface area contributed by atoms with E-state index in [4.69, 9.17) is 28.2 Å². The summed E-state index contributed by atoms with van der Waals surface area (Å²) >= 11 is 0. The van der Waals surface area contributed by atoms with Crippen LogP contribution in [0.5, 0.6) is 0 Å². The van der Waals surface area contributed by atoms with Gasteiger partial charge in [-0.25, -0.2) is 15.0 Å². The Labute approximate surface area is 399 Å². The largest absolute Gasteiger partial charge is 0.456 e. The first-order chi connectivity index (χ1) is 34.7. The molecule has 0 aliphatic carbocycles. The van der Waals surface area contributed by atoms with Gasteiger partial charge in [-0.3, -0.25) is 0 Å². The summed E-state index contributed by atoms with van der Waals surface area (Å²) in [6.45, 7) is 0. The number of para-hydroxylation sites is 5. The van der Waals surface area contributed by atoms with E-state index in [0.717, 1.165) is 121 Å². The molecule has 0 saturated carbocycles. The number of hydrogen-bond acceptors (Lipinski definition) is 6. The maximum absolute atomic E-state index is 6.97. The first-order valence-corrected chi connectivity index (χ1v) is 23.4. The summed E-state index contributed by atoms with van der Waals surface area (Å²) in [6.07, 6.45) is 0. The van der Waals surface area contributed by atoms with Gasteiger partial charge in [-0.05, 0) is 83.9 Å². The SMILES string of the molecule is c1ccc(-c2nc(-c3ccc4oc5ccccc5c4c3)nc(-c3cccc4oc5ccc(-c6ccc(-c7cccc8c9ccccc9n(-c9ccccc9)c78)c7oc8ccccc8c67)cc5c34)n2)cc1. The molecule has 0 amide bonds. The fourth-order valence-electron chi connectivity index (χ4n) is 10.7. The Morgan fingerprint density at radius 2 is 0.871 bits per heavy atom. The number of fused-ring (bicyclic) bond motifs is 12. The lowest BCUT2D eigenvalue weighted by atomic mass is 9.93. The van der Waals surface area contributed by atoms with Crippen LogP contribution in [0, 0.1) is 0 Å². The Hall–Kier alpha value is -9.59. The molecule has 5 aromatic heterocycles. The van der Waals surface area contributed by atoms with Crippen LogP contribution in [0.4, 0.5) is 0 Å². The Morgan fingerprint density at radius 1 is 0.300 bits per heavy atom. The maximum Gasteiger partial charge on any atom is 0.164 e. The molecule has 326 valence electrons. The minimum Gasteiger partial charge on any atom is -0.456 e. The molecule has 0 saturated heterocycles. The number of aromatic nitrogens is 4. The standard InChI is InChI=1S/C63H36N4O3/c1-3-15-37(16-4-1)61-64-62(39-30-34-54-49(36-39)43-20-8-11-26-52(43)68-54)66-63(65-61)48-24-14-28-56-57(48)50-35-38(29-33-55(50)69-56)41-31-32-46(60-58(41)47-21-9-12-27-53(47)70-60)45-23-13-22-44-42-19-7-10-25-51(42)67(59(44)45)40-17-5-2-6-18-40/h1-36H. The Bertz CT molecular complexity index is 4600. The van der Waals surface area contributed by atoms with Crippen molar-refractivity contribution in [2.75, 3.05) is 0 Å². The van der Waals surface area contributed by atoms with Crippen LogP contribution in [0.1, 0.15) is 0 Å². The van der Waals surface area contributed by atoms with E-state index in [1.807, 2.05) is 78.9 Å². The quantitative estimate of drug-likeness (QED) is 0.165. The molecule has 0 atom stereocenters. The van der Waals surface area contributed by atoms with Gasteiger partial charge in [0.25, 0.3) is 0 Å². The van der Waals surface area contributed by atoms with Crippen molar-refractivity contribution in [1.29, 1.82) is 0 Å². The molecule has 0 bridgehead atoms. The average molecular weight is 897 g/mol. The van der Waals surface area contributed by atoms with Gasteiger partial charge < -0.3 is 17.8 Å². The van der Waals surface area contributed by atoms with Crippen LogP contribution in [0.2, 0.25) is 0 Å². The Morgan fingerprint density at radius 3 is 1.71 bits per heavy atom. The summed E-state index contributed by atoms with van der Waals surface area (Å²) in [7, 11) is 0. The molecule has 10 aromatic carbocycles. The zero-order chi connectivity index (χ0) is 45.9. The molecule has 0 aliphatic rings. The van der Waals surface area contributed by atoms with E-state index in [0.29, 0.717) is 17.5 Å². The lowest BCUT2D eigenvalue weighted by molar-refractivity contribution is 0.668. The zero-order valence-corrected chi connectivity index (χ0v) is 37.3. The molecule has 0 aliphatic heterocycles. The van der Waals surface area contributed by atoms with Gasteiger partial charge in [-0.15, -0.1) is 0 Å². The highest BCUT2D eigenvalue weighted by Crippen LogP contribution is 2.47. The summed E-state index contributed by atoms with van der Waals surface area (Å²) < 4.78 is 22.2. The molecule has 7 heteroatoms. The van der Waals surface area contributed by atoms with Crippen molar-refractivity contribution in [3.8, 4) is 62.1 Å². The molecular weight excluding hydrogens is 861 g/mol. The molecule has 0 N–H and O–H groups in total. The second-order valence-electron chi connectivity index (χ2n) is 17.8. The zero-order valence-electron chi connectivity index (χ0n) is 37.3. The van der Waals surface area contributed by atoms with Crippen LogP contribution < -0.4 is 0 Å². The molecule has 15 rings (SSSR count). The van der Waals surface area contributed by atoms with Crippen LogP contribution in [0.25, 0.3) is 150 Å². The van der Waals surface area contributed by atoms with Crippen LogP contribution in [0.3, 0.4) is 0 Å². The van der Waals surface area contributed by atoms with E-state index in [2.05, 4.69) is 144 Å². The Balaban J connectivity index is 0.936. The van der Waals surface area contributed by atoms with Crippen molar-refractivity contribution < 1.29 is 13.3 Å². The molecule has 15 aromatic rings. The fraction of sp³-hybridized carbons (Fsp3) is 0. The van der Waals surface area contributed by atoms with Crippen molar-refractivity contribution in [2.24, 2.45) is 0 Å². The third kappa shape index (κ3) is 5.79. The summed E-state index contributed by atoms with van der Waals surface area (Å²) in [5, 5.41) is 8.43. The molecule has 7 nitrogen and oxygen atoms in total.